The zero-order valence-electron chi connectivity index (χ0n) is 6.21. The van der Waals surface area contributed by atoms with Crippen LogP contribution in [-0.4, -0.2) is 82.5 Å². The van der Waals surface area contributed by atoms with E-state index in [-0.39, 0.29) is 37.7 Å². The van der Waals surface area contributed by atoms with Crippen LogP contribution >= 0.6 is 0 Å². The van der Waals surface area contributed by atoms with Crippen molar-refractivity contribution in [3.05, 3.63) is 0 Å². The van der Waals surface area contributed by atoms with Gasteiger partial charge in [-0.15, -0.1) is 0 Å². The number of hydrogen-bond donors (Lipinski definition) is 4. The second-order valence-corrected chi connectivity index (χ2v) is 8.68. The monoisotopic (exact) mass is 320 g/mol. The molecule has 4 N–H and O–H groups in total. The van der Waals surface area contributed by atoms with Crippen molar-refractivity contribution in [3.63, 3.8) is 0 Å². The summed E-state index contributed by atoms with van der Waals surface area (Å²) in [4.78, 5) is 0. The van der Waals surface area contributed by atoms with E-state index in [2.05, 4.69) is 0 Å². The SMILES string of the molecule is C[As](=O)(O)O.C[As](=O)(O)O.[Ca]. The summed E-state index contributed by atoms with van der Waals surface area (Å²) in [7, 11) is 0. The van der Waals surface area contributed by atoms with Gasteiger partial charge in [0.2, 0.25) is 0 Å². The first-order chi connectivity index (χ1) is 4.00. The van der Waals surface area contributed by atoms with E-state index in [1.54, 1.807) is 0 Å². The molecule has 0 aliphatic heterocycles. The van der Waals surface area contributed by atoms with E-state index in [1.165, 1.54) is 0 Å². The van der Waals surface area contributed by atoms with Crippen LogP contribution in [-0.2, 0) is 7.48 Å². The molecule has 0 amide bonds. The molecule has 0 aliphatic carbocycles. The standard InChI is InChI=1S/2CH5AsO3.Ca/c2*1-2(3,4)5;/h2*1H3,(H2,3,4,5);. The van der Waals surface area contributed by atoms with Crippen LogP contribution in [0.3, 0.4) is 0 Å². The normalized spacial score (nSPS) is 10.7. The van der Waals surface area contributed by atoms with Gasteiger partial charge in [0.05, 0.1) is 0 Å². The summed E-state index contributed by atoms with van der Waals surface area (Å²) in [5, 5.41) is 0. The van der Waals surface area contributed by atoms with Gasteiger partial charge >= 0.3 is 63.6 Å². The molecular weight excluding hydrogens is 310 g/mol. The van der Waals surface area contributed by atoms with Crippen molar-refractivity contribution in [2.24, 2.45) is 0 Å². The summed E-state index contributed by atoms with van der Waals surface area (Å²) in [5.74, 6) is 0. The van der Waals surface area contributed by atoms with E-state index in [1.807, 2.05) is 0 Å². The molecule has 2 radical (unpaired) electrons. The van der Waals surface area contributed by atoms with Gasteiger partial charge in [-0.05, 0) is 0 Å². The molecule has 0 heterocycles. The molecule has 0 atom stereocenters. The van der Waals surface area contributed by atoms with Crippen LogP contribution in [0.2, 0.25) is 11.4 Å². The minimum absolute atomic E-state index is 0. The van der Waals surface area contributed by atoms with Gasteiger partial charge in [0.1, 0.15) is 0 Å². The van der Waals surface area contributed by atoms with Crippen molar-refractivity contribution in [2.45, 2.75) is 11.4 Å². The minimum Gasteiger partial charge on any atom is 0 e. The van der Waals surface area contributed by atoms with Gasteiger partial charge in [0.25, 0.3) is 0 Å². The molecule has 11 heavy (non-hydrogen) atoms. The Morgan fingerprint density at radius 1 is 0.818 bits per heavy atom. The van der Waals surface area contributed by atoms with Crippen molar-refractivity contribution in [3.8, 4) is 0 Å². The third-order valence-electron chi connectivity index (χ3n) is 0. The first-order valence-electron chi connectivity index (χ1n) is 2.06. The van der Waals surface area contributed by atoms with Crippen LogP contribution in [0.25, 0.3) is 0 Å². The van der Waals surface area contributed by atoms with Crippen molar-refractivity contribution < 1.29 is 23.9 Å². The van der Waals surface area contributed by atoms with Gasteiger partial charge in [-0.3, -0.25) is 0 Å². The predicted octanol–water partition coefficient (Wildman–Crippen LogP) is -2.44. The van der Waals surface area contributed by atoms with E-state index < -0.39 is 28.3 Å². The van der Waals surface area contributed by atoms with Crippen molar-refractivity contribution in [2.75, 3.05) is 0 Å². The fraction of sp³-hybridized carbons (Fsp3) is 1.00. The average Bonchev–Trinajstić information content (AvgIpc) is 1.12. The van der Waals surface area contributed by atoms with Crippen LogP contribution in [0.1, 0.15) is 0 Å². The maximum Gasteiger partial charge on any atom is 0 e. The van der Waals surface area contributed by atoms with Crippen LogP contribution in [0, 0.1) is 0 Å². The summed E-state index contributed by atoms with van der Waals surface area (Å²) in [6, 6.07) is 0. The van der Waals surface area contributed by atoms with Crippen LogP contribution in [0.4, 0.5) is 0 Å². The Morgan fingerprint density at radius 2 is 0.818 bits per heavy atom. The molecule has 0 aliphatic rings. The zero-order chi connectivity index (χ0) is 9.00. The summed E-state index contributed by atoms with van der Waals surface area (Å²) in [6.07, 6.45) is 0. The second-order valence-electron chi connectivity index (χ2n) is 1.67. The van der Waals surface area contributed by atoms with E-state index in [0.29, 0.717) is 0 Å². The third-order valence-corrected chi connectivity index (χ3v) is 0. The third kappa shape index (κ3) is 345. The topological polar surface area (TPSA) is 115 Å². The van der Waals surface area contributed by atoms with Gasteiger partial charge in [-0.2, -0.15) is 0 Å². The largest absolute Gasteiger partial charge is 0 e. The Labute approximate surface area is 100.0 Å². The van der Waals surface area contributed by atoms with Gasteiger partial charge in [0.15, 0.2) is 0 Å². The number of rotatable bonds is 0. The molecule has 0 saturated heterocycles. The van der Waals surface area contributed by atoms with Gasteiger partial charge in [0, 0.05) is 37.7 Å². The summed E-state index contributed by atoms with van der Waals surface area (Å²) in [5.41, 5.74) is 1.83. The maximum atomic E-state index is 9.39. The zero-order valence-corrected chi connectivity index (χ0v) is 12.2. The molecule has 0 spiro atoms. The Hall–Kier alpha value is 1.82. The van der Waals surface area contributed by atoms with Gasteiger partial charge < -0.3 is 0 Å². The van der Waals surface area contributed by atoms with Crippen LogP contribution < -0.4 is 0 Å². The van der Waals surface area contributed by atoms with Crippen LogP contribution in [0.15, 0.2) is 0 Å². The molecule has 0 bridgehead atoms. The van der Waals surface area contributed by atoms with Crippen molar-refractivity contribution in [1.29, 1.82) is 0 Å². The molecule has 0 unspecified atom stereocenters. The number of hydrogen-bond acceptors (Lipinski definition) is 2. The van der Waals surface area contributed by atoms with E-state index in [9.17, 15) is 7.48 Å². The first-order valence-corrected chi connectivity index (χ1v) is 10.7. The maximum absolute atomic E-state index is 9.39. The van der Waals surface area contributed by atoms with Gasteiger partial charge in [-0.1, -0.05) is 0 Å². The quantitative estimate of drug-likeness (QED) is 0.369. The minimum atomic E-state index is -4.12. The molecule has 0 saturated carbocycles. The van der Waals surface area contributed by atoms with E-state index >= 15 is 0 Å². The molecule has 9 heteroatoms. The molecular formula is C2H10As2CaO6. The summed E-state index contributed by atoms with van der Waals surface area (Å²) < 4.78 is 49.5. The Morgan fingerprint density at radius 3 is 0.818 bits per heavy atom. The Kier molecular flexibility index (Phi) is 12.2. The summed E-state index contributed by atoms with van der Waals surface area (Å²) in [6.45, 7) is 0. The van der Waals surface area contributed by atoms with Crippen molar-refractivity contribution in [1.82, 2.24) is 0 Å². The average molecular weight is 320 g/mol. The molecule has 0 rings (SSSR count). The molecule has 0 aromatic carbocycles. The van der Waals surface area contributed by atoms with Crippen molar-refractivity contribution >= 4 is 66.1 Å². The fourth-order valence-corrected chi connectivity index (χ4v) is 0. The van der Waals surface area contributed by atoms with Crippen LogP contribution in [0.5, 0.6) is 0 Å². The smallest absolute Gasteiger partial charge is 0 e. The Balaban J connectivity index is -0.000000107. The summed E-state index contributed by atoms with van der Waals surface area (Å²) >= 11 is -8.25. The molecule has 6 nitrogen and oxygen atoms in total. The van der Waals surface area contributed by atoms with E-state index in [0.717, 1.165) is 11.4 Å². The first kappa shape index (κ1) is 18.6. The molecule has 0 aromatic heterocycles. The molecule has 0 fully saturated rings. The molecule has 66 valence electrons. The van der Waals surface area contributed by atoms with Gasteiger partial charge in [-0.25, -0.2) is 0 Å². The second kappa shape index (κ2) is 7.24. The van der Waals surface area contributed by atoms with E-state index in [4.69, 9.17) is 16.4 Å². The fourth-order valence-electron chi connectivity index (χ4n) is 0. The molecule has 0 aromatic rings. The Bertz CT molecular complexity index is 131. The predicted molar refractivity (Wildman–Crippen MR) is 39.2 cm³/mol.